The van der Waals surface area contributed by atoms with E-state index in [1.165, 1.54) is 11.3 Å². The molecule has 2 aromatic heterocycles. The minimum Gasteiger partial charge on any atom is -0.467 e. The number of fused-ring (bicyclic) bond motifs is 2. The Bertz CT molecular complexity index is 1320. The molecule has 0 N–H and O–H groups in total. The van der Waals surface area contributed by atoms with E-state index in [-0.39, 0.29) is 5.91 Å². The first kappa shape index (κ1) is 17.6. The van der Waals surface area contributed by atoms with Crippen molar-refractivity contribution in [3.8, 4) is 0 Å². The molecule has 0 atom stereocenters. The average Bonchev–Trinajstić information content (AvgIpc) is 3.41. The fourth-order valence-corrected chi connectivity index (χ4v) is 4.49. The summed E-state index contributed by atoms with van der Waals surface area (Å²) in [6, 6.07) is 23.6. The minimum absolute atomic E-state index is 0.0936. The van der Waals surface area contributed by atoms with Crippen LogP contribution in [0.15, 0.2) is 83.5 Å². The van der Waals surface area contributed by atoms with Crippen molar-refractivity contribution >= 4 is 43.4 Å². The lowest BCUT2D eigenvalue weighted by Crippen LogP contribution is -2.30. The Morgan fingerprint density at radius 3 is 2.66 bits per heavy atom. The van der Waals surface area contributed by atoms with Gasteiger partial charge in [0, 0.05) is 5.56 Å². The van der Waals surface area contributed by atoms with Crippen LogP contribution in [-0.4, -0.2) is 10.9 Å². The van der Waals surface area contributed by atoms with Gasteiger partial charge in [-0.1, -0.05) is 53.8 Å². The Morgan fingerprint density at radius 1 is 1.00 bits per heavy atom. The number of amides is 1. The Hall–Kier alpha value is -3.44. The van der Waals surface area contributed by atoms with Crippen LogP contribution in [0, 0.1) is 6.92 Å². The van der Waals surface area contributed by atoms with Gasteiger partial charge >= 0.3 is 0 Å². The fraction of sp³-hybridized carbons (Fsp3) is 0.0833. The summed E-state index contributed by atoms with van der Waals surface area (Å²) in [5.41, 5.74) is 2.66. The summed E-state index contributed by atoms with van der Waals surface area (Å²) in [5, 5.41) is 2.82. The van der Waals surface area contributed by atoms with Crippen LogP contribution in [0.4, 0.5) is 5.13 Å². The number of furan rings is 1. The average molecular weight is 398 g/mol. The molecule has 1 amide bonds. The summed E-state index contributed by atoms with van der Waals surface area (Å²) in [6.07, 6.45) is 1.62. The van der Waals surface area contributed by atoms with Gasteiger partial charge < -0.3 is 4.42 Å². The highest BCUT2D eigenvalue weighted by Gasteiger charge is 2.23. The maximum Gasteiger partial charge on any atom is 0.260 e. The van der Waals surface area contributed by atoms with Gasteiger partial charge in [-0.05, 0) is 53.6 Å². The van der Waals surface area contributed by atoms with Crippen LogP contribution in [0.2, 0.25) is 0 Å². The van der Waals surface area contributed by atoms with Crippen LogP contribution in [0.25, 0.3) is 21.0 Å². The summed E-state index contributed by atoms with van der Waals surface area (Å²) in [5.74, 6) is 0.624. The number of aromatic nitrogens is 1. The van der Waals surface area contributed by atoms with Crippen LogP contribution in [0.3, 0.4) is 0 Å². The zero-order valence-electron chi connectivity index (χ0n) is 15.8. The quantitative estimate of drug-likeness (QED) is 0.362. The van der Waals surface area contributed by atoms with Crippen molar-refractivity contribution in [1.29, 1.82) is 0 Å². The van der Waals surface area contributed by atoms with Crippen LogP contribution in [0.1, 0.15) is 21.7 Å². The molecule has 0 aliphatic rings. The molecular weight excluding hydrogens is 380 g/mol. The molecule has 0 saturated heterocycles. The Balaban J connectivity index is 1.60. The van der Waals surface area contributed by atoms with E-state index in [1.54, 1.807) is 11.2 Å². The van der Waals surface area contributed by atoms with E-state index < -0.39 is 0 Å². The van der Waals surface area contributed by atoms with Gasteiger partial charge in [-0.2, -0.15) is 0 Å². The zero-order chi connectivity index (χ0) is 19.8. The standard InChI is InChI=1S/C24H18N2O2S/c1-16-6-4-10-21-22(16)25-24(29-21)26(15-20-9-5-13-28-20)23(27)19-12-11-17-7-2-3-8-18(17)14-19/h2-14H,15H2,1H3. The van der Waals surface area contributed by atoms with Gasteiger partial charge in [0.05, 0.1) is 23.0 Å². The lowest BCUT2D eigenvalue weighted by molar-refractivity contribution is 0.0983. The second-order valence-electron chi connectivity index (χ2n) is 6.95. The molecule has 4 nitrogen and oxygen atoms in total. The van der Waals surface area contributed by atoms with E-state index in [0.717, 1.165) is 32.3 Å². The number of para-hydroxylation sites is 1. The van der Waals surface area contributed by atoms with E-state index in [0.29, 0.717) is 17.2 Å². The molecule has 0 aliphatic carbocycles. The number of benzene rings is 3. The van der Waals surface area contributed by atoms with Gasteiger partial charge in [0.1, 0.15) is 5.76 Å². The Labute approximate surface area is 172 Å². The van der Waals surface area contributed by atoms with E-state index in [9.17, 15) is 4.79 Å². The van der Waals surface area contributed by atoms with Gasteiger partial charge in [-0.15, -0.1) is 0 Å². The number of nitrogens with zero attached hydrogens (tertiary/aromatic N) is 2. The highest BCUT2D eigenvalue weighted by molar-refractivity contribution is 7.22. The highest BCUT2D eigenvalue weighted by atomic mass is 32.1. The third-order valence-corrected chi connectivity index (χ3v) is 6.02. The van der Waals surface area contributed by atoms with Crippen molar-refractivity contribution in [3.05, 3.63) is 95.9 Å². The molecule has 0 saturated carbocycles. The normalized spacial score (nSPS) is 11.2. The first-order chi connectivity index (χ1) is 14.2. The summed E-state index contributed by atoms with van der Waals surface area (Å²) in [4.78, 5) is 20.0. The Kier molecular flexibility index (Phi) is 4.37. The molecule has 5 heteroatoms. The molecule has 0 radical (unpaired) electrons. The third kappa shape index (κ3) is 3.30. The molecule has 0 aliphatic heterocycles. The van der Waals surface area contributed by atoms with Gasteiger partial charge in [-0.25, -0.2) is 4.98 Å². The number of carbonyl (C=O) groups excluding carboxylic acids is 1. The van der Waals surface area contributed by atoms with E-state index >= 15 is 0 Å². The largest absolute Gasteiger partial charge is 0.467 e. The second-order valence-corrected chi connectivity index (χ2v) is 7.96. The predicted octanol–water partition coefficient (Wildman–Crippen LogP) is 6.20. The summed E-state index contributed by atoms with van der Waals surface area (Å²) in [6.45, 7) is 2.37. The third-order valence-electron chi connectivity index (χ3n) is 4.98. The van der Waals surface area contributed by atoms with Crippen LogP contribution in [-0.2, 0) is 6.54 Å². The molecule has 2 heterocycles. The number of aryl methyl sites for hydroxylation is 1. The SMILES string of the molecule is Cc1cccc2sc(N(Cc3ccco3)C(=O)c3ccc4ccccc4c3)nc12. The van der Waals surface area contributed by atoms with Gasteiger partial charge in [0.2, 0.25) is 0 Å². The molecule has 142 valence electrons. The second kappa shape index (κ2) is 7.18. The molecule has 3 aromatic carbocycles. The molecule has 5 rings (SSSR count). The van der Waals surface area contributed by atoms with E-state index in [2.05, 4.69) is 0 Å². The van der Waals surface area contributed by atoms with E-state index in [4.69, 9.17) is 9.40 Å². The maximum absolute atomic E-state index is 13.5. The molecule has 5 aromatic rings. The van der Waals surface area contributed by atoms with Crippen molar-refractivity contribution in [2.75, 3.05) is 4.90 Å². The number of hydrogen-bond acceptors (Lipinski definition) is 4. The summed E-state index contributed by atoms with van der Waals surface area (Å²) >= 11 is 1.52. The van der Waals surface area contributed by atoms with Gasteiger partial charge in [0.25, 0.3) is 5.91 Å². The number of hydrogen-bond donors (Lipinski definition) is 0. The van der Waals surface area contributed by atoms with Crippen LogP contribution < -0.4 is 4.90 Å². The first-order valence-electron chi connectivity index (χ1n) is 9.38. The van der Waals surface area contributed by atoms with Crippen molar-refractivity contribution in [3.63, 3.8) is 0 Å². The van der Waals surface area contributed by atoms with Crippen LogP contribution >= 0.6 is 11.3 Å². The zero-order valence-corrected chi connectivity index (χ0v) is 16.6. The first-order valence-corrected chi connectivity index (χ1v) is 10.2. The van der Waals surface area contributed by atoms with Gasteiger partial charge in [0.15, 0.2) is 5.13 Å². The lowest BCUT2D eigenvalue weighted by atomic mass is 10.1. The number of thiazole rings is 1. The monoisotopic (exact) mass is 398 g/mol. The van der Waals surface area contributed by atoms with Gasteiger partial charge in [-0.3, -0.25) is 9.69 Å². The van der Waals surface area contributed by atoms with E-state index in [1.807, 2.05) is 79.7 Å². The van der Waals surface area contributed by atoms with Crippen molar-refractivity contribution in [2.24, 2.45) is 0 Å². The summed E-state index contributed by atoms with van der Waals surface area (Å²) < 4.78 is 6.59. The molecule has 0 bridgehead atoms. The highest BCUT2D eigenvalue weighted by Crippen LogP contribution is 2.32. The summed E-state index contributed by atoms with van der Waals surface area (Å²) in [7, 11) is 0. The maximum atomic E-state index is 13.5. The molecule has 0 spiro atoms. The van der Waals surface area contributed by atoms with Crippen molar-refractivity contribution < 1.29 is 9.21 Å². The topological polar surface area (TPSA) is 46.3 Å². The number of carbonyl (C=O) groups is 1. The fourth-order valence-electron chi connectivity index (χ4n) is 3.45. The molecule has 0 unspecified atom stereocenters. The molecule has 0 fully saturated rings. The smallest absolute Gasteiger partial charge is 0.260 e. The van der Waals surface area contributed by atoms with Crippen LogP contribution in [0.5, 0.6) is 0 Å². The number of rotatable bonds is 4. The Morgan fingerprint density at radius 2 is 1.86 bits per heavy atom. The number of anilines is 1. The molecule has 29 heavy (non-hydrogen) atoms. The predicted molar refractivity (Wildman–Crippen MR) is 118 cm³/mol. The minimum atomic E-state index is -0.0936. The van der Waals surface area contributed by atoms with Crippen molar-refractivity contribution in [2.45, 2.75) is 13.5 Å². The molecular formula is C24H18N2O2S. The lowest BCUT2D eigenvalue weighted by Gasteiger charge is -2.19. The van der Waals surface area contributed by atoms with Crippen molar-refractivity contribution in [1.82, 2.24) is 4.98 Å².